The van der Waals surface area contributed by atoms with E-state index in [-0.39, 0.29) is 11.9 Å². The molecule has 1 aliphatic heterocycles. The van der Waals surface area contributed by atoms with Crippen LogP contribution in [0.4, 0.5) is 4.39 Å². The Labute approximate surface area is 120 Å². The molecule has 0 aliphatic carbocycles. The molecule has 0 unspecified atom stereocenters. The minimum Gasteiger partial charge on any atom is -0.354 e. The largest absolute Gasteiger partial charge is 0.354 e. The first-order valence-corrected chi connectivity index (χ1v) is 6.83. The van der Waals surface area contributed by atoms with Crippen LogP contribution >= 0.6 is 23.2 Å². The van der Waals surface area contributed by atoms with E-state index in [2.05, 4.69) is 0 Å². The Hall–Kier alpha value is -1.09. The lowest BCUT2D eigenvalue weighted by Crippen LogP contribution is -2.12. The Bertz CT molecular complexity index is 599. The third-order valence-electron chi connectivity index (χ3n) is 3.41. The van der Waals surface area contributed by atoms with Crippen molar-refractivity contribution >= 4 is 23.2 Å². The SMILES string of the molecule is Fc1ccc([C@]2(CCl)O[C@H]2c2ccccc2Cl)cc1. The van der Waals surface area contributed by atoms with Crippen LogP contribution in [0.15, 0.2) is 48.5 Å². The van der Waals surface area contributed by atoms with Gasteiger partial charge in [-0.1, -0.05) is 41.9 Å². The fraction of sp³-hybridized carbons (Fsp3) is 0.200. The molecular weight excluding hydrogens is 286 g/mol. The second-order valence-corrected chi connectivity index (χ2v) is 5.22. The lowest BCUT2D eigenvalue weighted by Gasteiger charge is -2.10. The first kappa shape index (κ1) is 12.9. The van der Waals surface area contributed by atoms with E-state index in [0.717, 1.165) is 11.1 Å². The highest BCUT2D eigenvalue weighted by Gasteiger charge is 2.58. The molecule has 19 heavy (non-hydrogen) atoms. The molecule has 1 fully saturated rings. The van der Waals surface area contributed by atoms with E-state index < -0.39 is 5.60 Å². The van der Waals surface area contributed by atoms with Crippen molar-refractivity contribution in [2.75, 3.05) is 5.88 Å². The monoisotopic (exact) mass is 296 g/mol. The molecule has 1 aliphatic rings. The zero-order chi connectivity index (χ0) is 13.5. The summed E-state index contributed by atoms with van der Waals surface area (Å²) in [7, 11) is 0. The summed E-state index contributed by atoms with van der Waals surface area (Å²) in [4.78, 5) is 0. The van der Waals surface area contributed by atoms with E-state index in [1.165, 1.54) is 12.1 Å². The van der Waals surface area contributed by atoms with Gasteiger partial charge in [-0.2, -0.15) is 0 Å². The first-order chi connectivity index (χ1) is 9.17. The topological polar surface area (TPSA) is 12.5 Å². The van der Waals surface area contributed by atoms with Gasteiger partial charge in [-0.3, -0.25) is 0 Å². The van der Waals surface area contributed by atoms with Gasteiger partial charge in [0.2, 0.25) is 0 Å². The molecule has 0 aromatic heterocycles. The summed E-state index contributed by atoms with van der Waals surface area (Å²) < 4.78 is 18.8. The molecule has 1 saturated heterocycles. The molecule has 0 amide bonds. The van der Waals surface area contributed by atoms with E-state index >= 15 is 0 Å². The summed E-state index contributed by atoms with van der Waals surface area (Å²) in [6.07, 6.45) is -0.177. The summed E-state index contributed by atoms with van der Waals surface area (Å²) in [5.74, 6) is 0.0255. The Balaban J connectivity index is 1.96. The molecule has 0 N–H and O–H groups in total. The summed E-state index contributed by atoms with van der Waals surface area (Å²) in [5.41, 5.74) is 1.18. The van der Waals surface area contributed by atoms with Crippen LogP contribution in [0.2, 0.25) is 5.02 Å². The number of hydrogen-bond donors (Lipinski definition) is 0. The van der Waals surface area contributed by atoms with Gasteiger partial charge >= 0.3 is 0 Å². The van der Waals surface area contributed by atoms with E-state index in [1.807, 2.05) is 24.3 Å². The molecule has 1 nitrogen and oxygen atoms in total. The Kier molecular flexibility index (Phi) is 3.25. The second-order valence-electron chi connectivity index (χ2n) is 4.55. The van der Waals surface area contributed by atoms with E-state index in [4.69, 9.17) is 27.9 Å². The highest BCUT2D eigenvalue weighted by atomic mass is 35.5. The second kappa shape index (κ2) is 4.78. The lowest BCUT2D eigenvalue weighted by molar-refractivity contribution is 0.316. The molecule has 98 valence electrons. The molecule has 1 heterocycles. The smallest absolute Gasteiger partial charge is 0.138 e. The van der Waals surface area contributed by atoms with Crippen LogP contribution in [0.5, 0.6) is 0 Å². The van der Waals surface area contributed by atoms with Crippen molar-refractivity contribution in [1.29, 1.82) is 0 Å². The predicted molar refractivity (Wildman–Crippen MR) is 74.1 cm³/mol. The molecular formula is C15H11Cl2FO. The molecule has 0 radical (unpaired) electrons. The van der Waals surface area contributed by atoms with Gasteiger partial charge in [0.25, 0.3) is 0 Å². The molecule has 2 atom stereocenters. The molecule has 0 saturated carbocycles. The number of rotatable bonds is 3. The standard InChI is InChI=1S/C15H11Cl2FO/c16-9-15(10-5-7-11(18)8-6-10)14(19-15)12-3-1-2-4-13(12)17/h1-8,14H,9H2/t14-,15-/m0/s1. The summed E-state index contributed by atoms with van der Waals surface area (Å²) in [6.45, 7) is 0. The van der Waals surface area contributed by atoms with Gasteiger partial charge in [-0.15, -0.1) is 11.6 Å². The Morgan fingerprint density at radius 1 is 1.11 bits per heavy atom. The van der Waals surface area contributed by atoms with Crippen molar-refractivity contribution in [3.63, 3.8) is 0 Å². The van der Waals surface area contributed by atoms with Crippen LogP contribution in [-0.2, 0) is 10.3 Å². The maximum atomic E-state index is 13.0. The minimum atomic E-state index is -0.597. The third kappa shape index (κ3) is 2.14. The molecule has 3 rings (SSSR count). The van der Waals surface area contributed by atoms with Crippen molar-refractivity contribution in [3.8, 4) is 0 Å². The Morgan fingerprint density at radius 3 is 2.42 bits per heavy atom. The summed E-state index contributed by atoms with van der Waals surface area (Å²) in [6, 6.07) is 13.8. The summed E-state index contributed by atoms with van der Waals surface area (Å²) in [5, 5.41) is 0.654. The van der Waals surface area contributed by atoms with Gasteiger partial charge in [0.05, 0.1) is 5.88 Å². The van der Waals surface area contributed by atoms with E-state index in [9.17, 15) is 4.39 Å². The first-order valence-electron chi connectivity index (χ1n) is 5.91. The zero-order valence-corrected chi connectivity index (χ0v) is 11.5. The fourth-order valence-electron chi connectivity index (χ4n) is 2.31. The number of halogens is 3. The third-order valence-corrected chi connectivity index (χ3v) is 4.15. The van der Waals surface area contributed by atoms with Crippen LogP contribution in [-0.4, -0.2) is 5.88 Å². The van der Waals surface area contributed by atoms with Crippen LogP contribution < -0.4 is 0 Å². The Morgan fingerprint density at radius 2 is 1.79 bits per heavy atom. The normalized spacial score (nSPS) is 25.3. The maximum Gasteiger partial charge on any atom is 0.138 e. The minimum absolute atomic E-state index is 0.177. The number of alkyl halides is 1. The highest BCUT2D eigenvalue weighted by Crippen LogP contribution is 2.58. The number of hydrogen-bond acceptors (Lipinski definition) is 1. The van der Waals surface area contributed by atoms with E-state index in [1.54, 1.807) is 12.1 Å². The van der Waals surface area contributed by atoms with E-state index in [0.29, 0.717) is 10.9 Å². The lowest BCUT2D eigenvalue weighted by atomic mass is 9.93. The molecule has 2 aromatic carbocycles. The average Bonchev–Trinajstić information content (AvgIpc) is 3.16. The molecule has 4 heteroatoms. The number of ether oxygens (including phenoxy) is 1. The summed E-state index contributed by atoms with van der Waals surface area (Å²) >= 11 is 12.2. The van der Waals surface area contributed by atoms with Gasteiger partial charge in [0, 0.05) is 10.6 Å². The van der Waals surface area contributed by atoms with Crippen LogP contribution in [0.25, 0.3) is 0 Å². The quantitative estimate of drug-likeness (QED) is 0.591. The molecule has 2 aromatic rings. The fourth-order valence-corrected chi connectivity index (χ4v) is 2.90. The van der Waals surface area contributed by atoms with Crippen molar-refractivity contribution in [1.82, 2.24) is 0 Å². The van der Waals surface area contributed by atoms with Crippen LogP contribution in [0.1, 0.15) is 17.2 Å². The van der Waals surface area contributed by atoms with Gasteiger partial charge in [-0.25, -0.2) is 4.39 Å². The van der Waals surface area contributed by atoms with Crippen molar-refractivity contribution in [3.05, 3.63) is 70.5 Å². The number of epoxide rings is 1. The zero-order valence-electron chi connectivity index (χ0n) is 9.95. The number of benzene rings is 2. The van der Waals surface area contributed by atoms with Crippen molar-refractivity contribution < 1.29 is 9.13 Å². The predicted octanol–water partition coefficient (Wildman–Crippen LogP) is 4.68. The van der Waals surface area contributed by atoms with Crippen molar-refractivity contribution in [2.45, 2.75) is 11.7 Å². The molecule has 0 bridgehead atoms. The average molecular weight is 297 g/mol. The highest BCUT2D eigenvalue weighted by molar-refractivity contribution is 6.31. The van der Waals surface area contributed by atoms with Gasteiger partial charge in [0.1, 0.15) is 17.5 Å². The maximum absolute atomic E-state index is 13.0. The molecule has 0 spiro atoms. The van der Waals surface area contributed by atoms with Gasteiger partial charge in [0.15, 0.2) is 0 Å². The van der Waals surface area contributed by atoms with Crippen LogP contribution in [0.3, 0.4) is 0 Å². The van der Waals surface area contributed by atoms with Gasteiger partial charge in [-0.05, 0) is 23.8 Å². The van der Waals surface area contributed by atoms with Crippen molar-refractivity contribution in [2.24, 2.45) is 0 Å². The van der Waals surface area contributed by atoms with Crippen LogP contribution in [0, 0.1) is 5.82 Å². The van der Waals surface area contributed by atoms with Gasteiger partial charge < -0.3 is 4.74 Å².